The van der Waals surface area contributed by atoms with Crippen LogP contribution < -0.4 is 5.56 Å². The van der Waals surface area contributed by atoms with Gasteiger partial charge in [-0.05, 0) is 18.2 Å². The molecule has 2 aromatic rings. The topological polar surface area (TPSA) is 55.2 Å². The average molecular weight is 376 g/mol. The van der Waals surface area contributed by atoms with E-state index in [0.29, 0.717) is 24.0 Å². The maximum atomic E-state index is 12.5. The Morgan fingerprint density at radius 3 is 2.65 bits per heavy atom. The van der Waals surface area contributed by atoms with Crippen LogP contribution in [-0.2, 0) is 11.3 Å². The maximum absolute atomic E-state index is 12.5. The molecule has 0 bridgehead atoms. The highest BCUT2D eigenvalue weighted by Crippen LogP contribution is 2.14. The molecule has 0 N–H and O–H groups in total. The molecule has 23 heavy (non-hydrogen) atoms. The van der Waals surface area contributed by atoms with Crippen LogP contribution in [0.2, 0.25) is 0 Å². The van der Waals surface area contributed by atoms with Crippen molar-refractivity contribution < 1.29 is 4.79 Å². The molecule has 0 aliphatic rings. The molecule has 5 nitrogen and oxygen atoms in total. The average Bonchev–Trinajstić information content (AvgIpc) is 2.54. The number of hydrogen-bond acceptors (Lipinski definition) is 3. The number of halogens is 1. The number of amides is 1. The van der Waals surface area contributed by atoms with E-state index in [2.05, 4.69) is 34.1 Å². The van der Waals surface area contributed by atoms with Gasteiger partial charge < -0.3 is 4.90 Å². The summed E-state index contributed by atoms with van der Waals surface area (Å²) in [6.45, 7) is 8.50. The zero-order chi connectivity index (χ0) is 16.8. The fourth-order valence-electron chi connectivity index (χ4n) is 2.25. The molecule has 6 heteroatoms. The Kier molecular flexibility index (Phi) is 5.87. The molecule has 1 heterocycles. The summed E-state index contributed by atoms with van der Waals surface area (Å²) in [6, 6.07) is 5.36. The Labute approximate surface area is 143 Å². The van der Waals surface area contributed by atoms with Gasteiger partial charge in [-0.3, -0.25) is 14.2 Å². The zero-order valence-corrected chi connectivity index (χ0v) is 14.3. The van der Waals surface area contributed by atoms with E-state index in [9.17, 15) is 9.59 Å². The molecule has 0 atom stereocenters. The molecular weight excluding hydrogens is 358 g/mol. The molecule has 1 aromatic carbocycles. The van der Waals surface area contributed by atoms with Gasteiger partial charge in [0.2, 0.25) is 5.91 Å². The van der Waals surface area contributed by atoms with Crippen molar-refractivity contribution in [2.45, 2.75) is 13.0 Å². The molecule has 0 radical (unpaired) electrons. The maximum Gasteiger partial charge on any atom is 0.261 e. The first-order valence-electron chi connectivity index (χ1n) is 7.21. The molecule has 0 unspecified atom stereocenters. The van der Waals surface area contributed by atoms with Crippen molar-refractivity contribution >= 4 is 32.7 Å². The number of carbonyl (C=O) groups is 1. The smallest absolute Gasteiger partial charge is 0.261 e. The second-order valence-electron chi connectivity index (χ2n) is 5.03. The van der Waals surface area contributed by atoms with Crippen LogP contribution >= 0.6 is 15.9 Å². The van der Waals surface area contributed by atoms with E-state index in [4.69, 9.17) is 0 Å². The number of benzene rings is 1. The van der Waals surface area contributed by atoms with Crippen LogP contribution in [0.1, 0.15) is 6.42 Å². The molecule has 1 amide bonds. The Morgan fingerprint density at radius 2 is 2.00 bits per heavy atom. The van der Waals surface area contributed by atoms with Crippen molar-refractivity contribution in [2.24, 2.45) is 0 Å². The van der Waals surface area contributed by atoms with Gasteiger partial charge in [0.15, 0.2) is 0 Å². The van der Waals surface area contributed by atoms with Crippen molar-refractivity contribution in [1.82, 2.24) is 14.5 Å². The number of aromatic nitrogens is 2. The second kappa shape index (κ2) is 7.87. The lowest BCUT2D eigenvalue weighted by atomic mass is 10.2. The predicted molar refractivity (Wildman–Crippen MR) is 95.3 cm³/mol. The molecule has 120 valence electrons. The van der Waals surface area contributed by atoms with Gasteiger partial charge in [0, 0.05) is 30.5 Å². The fraction of sp³-hybridized carbons (Fsp3) is 0.235. The summed E-state index contributed by atoms with van der Waals surface area (Å²) in [5.74, 6) is -0.0500. The van der Waals surface area contributed by atoms with E-state index < -0.39 is 0 Å². The Bertz CT molecular complexity index is 788. The van der Waals surface area contributed by atoms with Crippen molar-refractivity contribution in [2.75, 3.05) is 13.1 Å². The summed E-state index contributed by atoms with van der Waals surface area (Å²) >= 11 is 3.35. The van der Waals surface area contributed by atoms with E-state index in [1.165, 1.54) is 10.9 Å². The third kappa shape index (κ3) is 4.16. The number of carbonyl (C=O) groups excluding carboxylic acids is 1. The lowest BCUT2D eigenvalue weighted by molar-refractivity contribution is -0.130. The Morgan fingerprint density at radius 1 is 1.30 bits per heavy atom. The molecule has 0 spiro atoms. The third-order valence-electron chi connectivity index (χ3n) is 3.40. The molecule has 1 aromatic heterocycles. The summed E-state index contributed by atoms with van der Waals surface area (Å²) < 4.78 is 2.29. The highest BCUT2D eigenvalue weighted by Gasteiger charge is 2.12. The quantitative estimate of drug-likeness (QED) is 0.699. The van der Waals surface area contributed by atoms with E-state index in [1.807, 2.05) is 6.07 Å². The minimum atomic E-state index is -0.150. The van der Waals surface area contributed by atoms with Gasteiger partial charge in [-0.25, -0.2) is 4.98 Å². The minimum absolute atomic E-state index is 0.0500. The number of hydrogen-bond donors (Lipinski definition) is 0. The summed E-state index contributed by atoms with van der Waals surface area (Å²) in [4.78, 5) is 30.6. The second-order valence-corrected chi connectivity index (χ2v) is 5.95. The van der Waals surface area contributed by atoms with Crippen molar-refractivity contribution in [3.8, 4) is 0 Å². The lowest BCUT2D eigenvalue weighted by Gasteiger charge is -2.19. The first-order chi connectivity index (χ1) is 11.1. The molecule has 0 aliphatic carbocycles. The van der Waals surface area contributed by atoms with E-state index >= 15 is 0 Å². The van der Waals surface area contributed by atoms with Crippen LogP contribution in [0.3, 0.4) is 0 Å². The van der Waals surface area contributed by atoms with Gasteiger partial charge in [-0.2, -0.15) is 0 Å². The summed E-state index contributed by atoms with van der Waals surface area (Å²) in [6.07, 6.45) is 5.05. The van der Waals surface area contributed by atoms with Gasteiger partial charge in [-0.15, -0.1) is 13.2 Å². The molecular formula is C17H18BrN3O2. The van der Waals surface area contributed by atoms with Crippen LogP contribution in [-0.4, -0.2) is 33.4 Å². The lowest BCUT2D eigenvalue weighted by Crippen LogP contribution is -2.33. The molecule has 0 saturated carbocycles. The fourth-order valence-corrected chi connectivity index (χ4v) is 2.62. The molecule has 0 fully saturated rings. The summed E-state index contributed by atoms with van der Waals surface area (Å²) in [7, 11) is 0. The predicted octanol–water partition coefficient (Wildman–Crippen LogP) is 2.75. The first-order valence-corrected chi connectivity index (χ1v) is 8.00. The van der Waals surface area contributed by atoms with Crippen molar-refractivity contribution in [3.63, 3.8) is 0 Å². The monoisotopic (exact) mass is 375 g/mol. The van der Waals surface area contributed by atoms with Crippen LogP contribution in [0.25, 0.3) is 10.9 Å². The molecule has 0 aliphatic heterocycles. The number of aryl methyl sites for hydroxylation is 1. The third-order valence-corrected chi connectivity index (χ3v) is 3.90. The van der Waals surface area contributed by atoms with Gasteiger partial charge >= 0.3 is 0 Å². The van der Waals surface area contributed by atoms with E-state index in [1.54, 1.807) is 29.2 Å². The highest BCUT2D eigenvalue weighted by molar-refractivity contribution is 9.10. The van der Waals surface area contributed by atoms with Crippen molar-refractivity contribution in [3.05, 3.63) is 64.7 Å². The number of nitrogens with zero attached hydrogens (tertiary/aromatic N) is 3. The van der Waals surface area contributed by atoms with Crippen LogP contribution in [0.4, 0.5) is 0 Å². The van der Waals surface area contributed by atoms with E-state index in [-0.39, 0.29) is 24.4 Å². The number of fused-ring (bicyclic) bond motifs is 1. The highest BCUT2D eigenvalue weighted by atomic mass is 79.9. The van der Waals surface area contributed by atoms with Gasteiger partial charge in [-0.1, -0.05) is 28.1 Å². The Hall–Kier alpha value is -2.21. The van der Waals surface area contributed by atoms with Gasteiger partial charge in [0.05, 0.1) is 17.2 Å². The minimum Gasteiger partial charge on any atom is -0.335 e. The standard InChI is InChI=1S/C17H18BrN3O2/c1-3-8-20(9-4-2)16(22)7-10-21-12-19-15-6-5-13(18)11-14(15)17(21)23/h3-6,11-12H,1-2,7-10H2. The normalized spacial score (nSPS) is 10.5. The number of rotatable bonds is 7. The van der Waals surface area contributed by atoms with Gasteiger partial charge in [0.1, 0.15) is 0 Å². The summed E-state index contributed by atoms with van der Waals surface area (Å²) in [5, 5.41) is 0.531. The van der Waals surface area contributed by atoms with Crippen molar-refractivity contribution in [1.29, 1.82) is 0 Å². The Balaban J connectivity index is 2.17. The molecule has 0 saturated heterocycles. The van der Waals surface area contributed by atoms with Crippen LogP contribution in [0, 0.1) is 0 Å². The van der Waals surface area contributed by atoms with Crippen LogP contribution in [0.15, 0.2) is 59.1 Å². The van der Waals surface area contributed by atoms with Gasteiger partial charge in [0.25, 0.3) is 5.56 Å². The summed E-state index contributed by atoms with van der Waals surface area (Å²) in [5.41, 5.74) is 0.490. The SMILES string of the molecule is C=CCN(CC=C)C(=O)CCn1cnc2ccc(Br)cc2c1=O. The zero-order valence-electron chi connectivity index (χ0n) is 12.7. The first kappa shape index (κ1) is 17.1. The van der Waals surface area contributed by atoms with E-state index in [0.717, 1.165) is 4.47 Å². The molecule has 2 rings (SSSR count). The largest absolute Gasteiger partial charge is 0.335 e. The van der Waals surface area contributed by atoms with Crippen LogP contribution in [0.5, 0.6) is 0 Å².